The molecule has 3 rings (SSSR count). The maximum atomic E-state index is 12.8. The van der Waals surface area contributed by atoms with Crippen LogP contribution in [0.2, 0.25) is 5.02 Å². The number of rotatable bonds is 2. The van der Waals surface area contributed by atoms with Gasteiger partial charge in [-0.2, -0.15) is 0 Å². The summed E-state index contributed by atoms with van der Waals surface area (Å²) in [7, 11) is 0. The summed E-state index contributed by atoms with van der Waals surface area (Å²) in [6.07, 6.45) is 2.00. The van der Waals surface area contributed by atoms with Crippen molar-refractivity contribution in [3.63, 3.8) is 0 Å². The number of halogens is 2. The predicted octanol–water partition coefficient (Wildman–Crippen LogP) is 4.48. The summed E-state index contributed by atoms with van der Waals surface area (Å²) in [4.78, 5) is 0. The molecule has 90 valence electrons. The summed E-state index contributed by atoms with van der Waals surface area (Å²) < 4.78 is 15.0. The highest BCUT2D eigenvalue weighted by atomic mass is 35.5. The lowest BCUT2D eigenvalue weighted by molar-refractivity contribution is 0.626. The Bertz CT molecular complexity index is 685. The fourth-order valence-corrected chi connectivity index (χ4v) is 2.34. The van der Waals surface area contributed by atoms with Gasteiger partial charge in [0.2, 0.25) is 0 Å². The van der Waals surface area contributed by atoms with Gasteiger partial charge in [0.1, 0.15) is 5.82 Å². The Labute approximate surface area is 109 Å². The van der Waals surface area contributed by atoms with Crippen LogP contribution in [-0.4, -0.2) is 4.57 Å². The molecule has 0 bridgehead atoms. The van der Waals surface area contributed by atoms with Gasteiger partial charge in [0, 0.05) is 28.7 Å². The van der Waals surface area contributed by atoms with E-state index in [1.165, 1.54) is 12.1 Å². The van der Waals surface area contributed by atoms with E-state index in [1.807, 2.05) is 30.5 Å². The lowest BCUT2D eigenvalue weighted by Gasteiger charge is -2.06. The van der Waals surface area contributed by atoms with Crippen molar-refractivity contribution in [2.75, 3.05) is 0 Å². The van der Waals surface area contributed by atoms with Crippen LogP contribution in [-0.2, 0) is 6.54 Å². The third-order valence-electron chi connectivity index (χ3n) is 3.03. The highest BCUT2D eigenvalue weighted by molar-refractivity contribution is 6.35. The van der Waals surface area contributed by atoms with Crippen molar-refractivity contribution in [1.29, 1.82) is 0 Å². The standard InChI is InChI=1S/C15H11ClFN/c16-14-2-1-3-15-13(14)8-9-18(15)10-11-4-6-12(17)7-5-11/h1-9H,10H2. The van der Waals surface area contributed by atoms with Crippen molar-refractivity contribution < 1.29 is 4.39 Å². The Morgan fingerprint density at radius 3 is 2.56 bits per heavy atom. The van der Waals surface area contributed by atoms with Gasteiger partial charge in [-0.3, -0.25) is 0 Å². The fourth-order valence-electron chi connectivity index (χ4n) is 2.11. The van der Waals surface area contributed by atoms with E-state index in [1.54, 1.807) is 12.1 Å². The fraction of sp³-hybridized carbons (Fsp3) is 0.0667. The van der Waals surface area contributed by atoms with Crippen LogP contribution in [0.15, 0.2) is 54.7 Å². The molecule has 3 heteroatoms. The molecule has 0 aliphatic carbocycles. The Hall–Kier alpha value is -1.80. The van der Waals surface area contributed by atoms with Gasteiger partial charge in [-0.15, -0.1) is 0 Å². The molecule has 0 spiro atoms. The summed E-state index contributed by atoms with van der Waals surface area (Å²) in [5.74, 6) is -0.209. The van der Waals surface area contributed by atoms with E-state index in [2.05, 4.69) is 4.57 Å². The second kappa shape index (κ2) is 4.46. The highest BCUT2D eigenvalue weighted by Gasteiger charge is 2.04. The molecule has 0 atom stereocenters. The predicted molar refractivity (Wildman–Crippen MR) is 72.5 cm³/mol. The zero-order valence-corrected chi connectivity index (χ0v) is 10.4. The molecule has 0 fully saturated rings. The zero-order chi connectivity index (χ0) is 12.5. The Kier molecular flexibility index (Phi) is 2.80. The van der Waals surface area contributed by atoms with Crippen molar-refractivity contribution in [1.82, 2.24) is 4.57 Å². The Balaban J connectivity index is 2.00. The maximum Gasteiger partial charge on any atom is 0.123 e. The number of hydrogen-bond acceptors (Lipinski definition) is 0. The third kappa shape index (κ3) is 2.00. The third-order valence-corrected chi connectivity index (χ3v) is 3.36. The van der Waals surface area contributed by atoms with Gasteiger partial charge in [0.15, 0.2) is 0 Å². The van der Waals surface area contributed by atoms with Crippen LogP contribution < -0.4 is 0 Å². The summed E-state index contributed by atoms with van der Waals surface area (Å²) >= 11 is 6.13. The first-order valence-electron chi connectivity index (χ1n) is 5.72. The molecular formula is C15H11ClFN. The average Bonchev–Trinajstić information content (AvgIpc) is 2.77. The Morgan fingerprint density at radius 1 is 1.00 bits per heavy atom. The minimum atomic E-state index is -0.209. The van der Waals surface area contributed by atoms with Gasteiger partial charge < -0.3 is 4.57 Å². The monoisotopic (exact) mass is 259 g/mol. The molecule has 0 aliphatic heterocycles. The van der Waals surface area contributed by atoms with E-state index in [4.69, 9.17) is 11.6 Å². The van der Waals surface area contributed by atoms with Gasteiger partial charge in [-0.25, -0.2) is 4.39 Å². The van der Waals surface area contributed by atoms with Crippen LogP contribution in [0.4, 0.5) is 4.39 Å². The van der Waals surface area contributed by atoms with E-state index in [0.29, 0.717) is 6.54 Å². The highest BCUT2D eigenvalue weighted by Crippen LogP contribution is 2.24. The molecular weight excluding hydrogens is 249 g/mol. The second-order valence-electron chi connectivity index (χ2n) is 4.24. The molecule has 0 N–H and O–H groups in total. The van der Waals surface area contributed by atoms with Crippen LogP contribution in [0.1, 0.15) is 5.56 Å². The minimum Gasteiger partial charge on any atom is -0.343 e. The topological polar surface area (TPSA) is 4.93 Å². The minimum absolute atomic E-state index is 0.209. The first kappa shape index (κ1) is 11.3. The zero-order valence-electron chi connectivity index (χ0n) is 9.61. The summed E-state index contributed by atoms with van der Waals surface area (Å²) in [6, 6.07) is 14.4. The summed E-state index contributed by atoms with van der Waals surface area (Å²) in [6.45, 7) is 0.712. The van der Waals surface area contributed by atoms with Crippen molar-refractivity contribution in [3.05, 3.63) is 71.1 Å². The first-order chi connectivity index (χ1) is 8.74. The van der Waals surface area contributed by atoms with E-state index < -0.39 is 0 Å². The SMILES string of the molecule is Fc1ccc(Cn2ccc3c(Cl)cccc32)cc1. The number of aromatic nitrogens is 1. The number of fused-ring (bicyclic) bond motifs is 1. The maximum absolute atomic E-state index is 12.8. The molecule has 3 aromatic rings. The molecule has 1 nitrogen and oxygen atoms in total. The van der Waals surface area contributed by atoms with Crippen LogP contribution in [0.3, 0.4) is 0 Å². The number of hydrogen-bond donors (Lipinski definition) is 0. The number of nitrogens with zero attached hydrogens (tertiary/aromatic N) is 1. The van der Waals surface area contributed by atoms with Gasteiger partial charge in [-0.1, -0.05) is 29.8 Å². The molecule has 0 unspecified atom stereocenters. The van der Waals surface area contributed by atoms with Crippen LogP contribution >= 0.6 is 11.6 Å². The van der Waals surface area contributed by atoms with Crippen molar-refractivity contribution in [3.8, 4) is 0 Å². The smallest absolute Gasteiger partial charge is 0.123 e. The molecule has 2 aromatic carbocycles. The second-order valence-corrected chi connectivity index (χ2v) is 4.65. The normalized spacial score (nSPS) is 11.0. The van der Waals surface area contributed by atoms with Crippen molar-refractivity contribution >= 4 is 22.5 Å². The lowest BCUT2D eigenvalue weighted by atomic mass is 10.2. The van der Waals surface area contributed by atoms with Crippen LogP contribution in [0, 0.1) is 5.82 Å². The molecule has 1 aromatic heterocycles. The largest absolute Gasteiger partial charge is 0.343 e. The van der Waals surface area contributed by atoms with Crippen LogP contribution in [0.25, 0.3) is 10.9 Å². The summed E-state index contributed by atoms with van der Waals surface area (Å²) in [5.41, 5.74) is 2.15. The quantitative estimate of drug-likeness (QED) is 0.639. The molecule has 0 saturated heterocycles. The Morgan fingerprint density at radius 2 is 1.78 bits per heavy atom. The molecule has 1 heterocycles. The molecule has 18 heavy (non-hydrogen) atoms. The average molecular weight is 260 g/mol. The van der Waals surface area contributed by atoms with Gasteiger partial charge in [0.25, 0.3) is 0 Å². The van der Waals surface area contributed by atoms with Crippen LogP contribution in [0.5, 0.6) is 0 Å². The molecule has 0 radical (unpaired) electrons. The molecule has 0 saturated carbocycles. The van der Waals surface area contributed by atoms with Gasteiger partial charge in [-0.05, 0) is 35.9 Å². The summed E-state index contributed by atoms with van der Waals surface area (Å²) in [5, 5.41) is 1.80. The molecule has 0 aliphatic rings. The number of benzene rings is 2. The molecule has 0 amide bonds. The van der Waals surface area contributed by atoms with E-state index >= 15 is 0 Å². The van der Waals surface area contributed by atoms with Crippen molar-refractivity contribution in [2.45, 2.75) is 6.54 Å². The lowest BCUT2D eigenvalue weighted by Crippen LogP contribution is -1.97. The van der Waals surface area contributed by atoms with Gasteiger partial charge >= 0.3 is 0 Å². The van der Waals surface area contributed by atoms with E-state index in [9.17, 15) is 4.39 Å². The van der Waals surface area contributed by atoms with E-state index in [0.717, 1.165) is 21.5 Å². The first-order valence-corrected chi connectivity index (χ1v) is 6.09. The van der Waals surface area contributed by atoms with Crippen molar-refractivity contribution in [2.24, 2.45) is 0 Å². The van der Waals surface area contributed by atoms with Gasteiger partial charge in [0.05, 0.1) is 0 Å². The van der Waals surface area contributed by atoms with E-state index in [-0.39, 0.29) is 5.82 Å².